The van der Waals surface area contributed by atoms with Gasteiger partial charge in [0.25, 0.3) is 0 Å². The van der Waals surface area contributed by atoms with Crippen molar-refractivity contribution in [3.8, 4) is 0 Å². The van der Waals surface area contributed by atoms with Gasteiger partial charge in [-0.2, -0.15) is 0 Å². The Morgan fingerprint density at radius 2 is 2.18 bits per heavy atom. The third-order valence-electron chi connectivity index (χ3n) is 2.31. The molecule has 1 rings (SSSR count). The Morgan fingerprint density at radius 3 is 2.65 bits per heavy atom. The smallest absolute Gasteiger partial charge is 0.305 e. The van der Waals surface area contributed by atoms with Gasteiger partial charge in [-0.05, 0) is 31.5 Å². The normalized spacial score (nSPS) is 11.3. The molecule has 0 saturated heterocycles. The molecule has 2 N–H and O–H groups in total. The summed E-state index contributed by atoms with van der Waals surface area (Å²) >= 11 is 5.97. The summed E-state index contributed by atoms with van der Waals surface area (Å²) in [7, 11) is 0. The zero-order chi connectivity index (χ0) is 13.1. The topological polar surface area (TPSA) is 49.3 Å². The Morgan fingerprint density at radius 1 is 1.53 bits per heavy atom. The van der Waals surface area contributed by atoms with Crippen molar-refractivity contribution in [1.82, 2.24) is 0 Å². The van der Waals surface area contributed by atoms with E-state index in [2.05, 4.69) is 5.32 Å². The highest BCUT2D eigenvalue weighted by molar-refractivity contribution is 6.33. The maximum absolute atomic E-state index is 13.6. The number of aliphatic carboxylic acids is 1. The molecule has 5 heteroatoms. The van der Waals surface area contributed by atoms with Crippen LogP contribution in [0, 0.1) is 0 Å². The van der Waals surface area contributed by atoms with E-state index in [1.807, 2.05) is 0 Å². The number of anilines is 1. The van der Waals surface area contributed by atoms with Crippen molar-refractivity contribution >= 4 is 23.3 Å². The van der Waals surface area contributed by atoms with E-state index in [9.17, 15) is 9.18 Å². The molecule has 0 amide bonds. The average Bonchev–Trinajstić information content (AvgIpc) is 2.18. The molecule has 17 heavy (non-hydrogen) atoms. The second kappa shape index (κ2) is 5.36. The molecule has 0 bridgehead atoms. The molecule has 94 valence electrons. The Bertz CT molecular complexity index is 415. The number of carboxylic acid groups (broad SMARTS) is 1. The molecule has 0 aliphatic heterocycles. The molecule has 0 fully saturated rings. The highest BCUT2D eigenvalue weighted by Gasteiger charge is 2.19. The maximum atomic E-state index is 13.6. The van der Waals surface area contributed by atoms with Crippen LogP contribution in [0.3, 0.4) is 0 Å². The highest BCUT2D eigenvalue weighted by Crippen LogP contribution is 2.30. The van der Waals surface area contributed by atoms with Gasteiger partial charge in [-0.3, -0.25) is 4.79 Å². The number of hydrogen-bond acceptors (Lipinski definition) is 2. The molecule has 0 unspecified atom stereocenters. The molecule has 0 aromatic heterocycles. The van der Waals surface area contributed by atoms with E-state index in [0.717, 1.165) is 0 Å². The summed E-state index contributed by atoms with van der Waals surface area (Å²) in [6, 6.07) is 4.83. The number of alkyl halides is 1. The van der Waals surface area contributed by atoms with Crippen molar-refractivity contribution in [1.29, 1.82) is 0 Å². The molecule has 1 aromatic rings. The zero-order valence-corrected chi connectivity index (χ0v) is 10.5. The van der Waals surface area contributed by atoms with Gasteiger partial charge < -0.3 is 10.4 Å². The van der Waals surface area contributed by atoms with Crippen molar-refractivity contribution < 1.29 is 14.3 Å². The summed E-state index contributed by atoms with van der Waals surface area (Å²) in [5.74, 6) is -0.880. The lowest BCUT2D eigenvalue weighted by Crippen LogP contribution is -2.10. The van der Waals surface area contributed by atoms with Gasteiger partial charge in [0.1, 0.15) is 5.67 Å². The first-order valence-corrected chi connectivity index (χ1v) is 5.63. The van der Waals surface area contributed by atoms with Crippen molar-refractivity contribution in [2.24, 2.45) is 0 Å². The largest absolute Gasteiger partial charge is 0.481 e. The van der Waals surface area contributed by atoms with Gasteiger partial charge in [-0.15, -0.1) is 0 Å². The lowest BCUT2D eigenvalue weighted by Gasteiger charge is -2.16. The van der Waals surface area contributed by atoms with Gasteiger partial charge in [0.05, 0.1) is 17.1 Å². The number of halogens is 2. The molecular formula is C12H15ClFNO2. The van der Waals surface area contributed by atoms with E-state index >= 15 is 0 Å². The van der Waals surface area contributed by atoms with Gasteiger partial charge in [0.15, 0.2) is 0 Å². The molecular weight excluding hydrogens is 245 g/mol. The minimum Gasteiger partial charge on any atom is -0.481 e. The molecule has 0 radical (unpaired) electrons. The molecule has 0 spiro atoms. The van der Waals surface area contributed by atoms with Crippen LogP contribution >= 0.6 is 11.6 Å². The fraction of sp³-hybridized carbons (Fsp3) is 0.417. The molecule has 1 aromatic carbocycles. The third-order valence-corrected chi connectivity index (χ3v) is 2.62. The van der Waals surface area contributed by atoms with Gasteiger partial charge >= 0.3 is 5.97 Å². The predicted octanol–water partition coefficient (Wildman–Crippen LogP) is 3.43. The Kier molecular flexibility index (Phi) is 4.34. The van der Waals surface area contributed by atoms with Gasteiger partial charge in [0.2, 0.25) is 0 Å². The molecule has 0 aliphatic carbocycles. The SMILES string of the molecule is CC(C)(F)c1ccc(NCCC(=O)O)c(Cl)c1. The van der Waals surface area contributed by atoms with Crippen LogP contribution in [0.2, 0.25) is 5.02 Å². The fourth-order valence-corrected chi connectivity index (χ4v) is 1.58. The summed E-state index contributed by atoms with van der Waals surface area (Å²) in [5, 5.41) is 11.8. The van der Waals surface area contributed by atoms with Crippen LogP contribution in [0.15, 0.2) is 18.2 Å². The first kappa shape index (κ1) is 13.8. The number of rotatable bonds is 5. The monoisotopic (exact) mass is 259 g/mol. The van der Waals surface area contributed by atoms with Crippen LogP contribution in [-0.4, -0.2) is 17.6 Å². The quantitative estimate of drug-likeness (QED) is 0.852. The van der Waals surface area contributed by atoms with E-state index in [1.165, 1.54) is 13.8 Å². The van der Waals surface area contributed by atoms with Crippen LogP contribution in [0.1, 0.15) is 25.8 Å². The maximum Gasteiger partial charge on any atom is 0.305 e. The minimum atomic E-state index is -1.44. The highest BCUT2D eigenvalue weighted by atomic mass is 35.5. The summed E-state index contributed by atoms with van der Waals surface area (Å²) in [6.45, 7) is 3.19. The summed E-state index contributed by atoms with van der Waals surface area (Å²) in [6.07, 6.45) is 0.00663. The minimum absolute atomic E-state index is 0.00663. The van der Waals surface area contributed by atoms with Crippen molar-refractivity contribution in [3.05, 3.63) is 28.8 Å². The van der Waals surface area contributed by atoms with Crippen LogP contribution in [-0.2, 0) is 10.5 Å². The van der Waals surface area contributed by atoms with Gasteiger partial charge in [-0.25, -0.2) is 4.39 Å². The van der Waals surface area contributed by atoms with Crippen LogP contribution in [0.4, 0.5) is 10.1 Å². The van der Waals surface area contributed by atoms with Crippen LogP contribution < -0.4 is 5.32 Å². The van der Waals surface area contributed by atoms with Crippen LogP contribution in [0.5, 0.6) is 0 Å². The molecule has 0 saturated carbocycles. The third kappa shape index (κ3) is 4.23. The summed E-state index contributed by atoms with van der Waals surface area (Å²) in [4.78, 5) is 10.3. The van der Waals surface area contributed by atoms with E-state index < -0.39 is 11.6 Å². The lowest BCUT2D eigenvalue weighted by atomic mass is 10.00. The van der Waals surface area contributed by atoms with Gasteiger partial charge in [0, 0.05) is 6.54 Å². The lowest BCUT2D eigenvalue weighted by molar-refractivity contribution is -0.136. The van der Waals surface area contributed by atoms with Crippen molar-refractivity contribution in [2.45, 2.75) is 25.9 Å². The van der Waals surface area contributed by atoms with E-state index in [0.29, 0.717) is 16.3 Å². The zero-order valence-electron chi connectivity index (χ0n) is 9.76. The standard InChI is InChI=1S/C12H15ClFNO2/c1-12(2,14)8-3-4-10(9(13)7-8)15-6-5-11(16)17/h3-4,7,15H,5-6H2,1-2H3,(H,16,17). The number of nitrogens with one attached hydrogen (secondary N) is 1. The Balaban J connectivity index is 2.73. The first-order chi connectivity index (χ1) is 7.80. The fourth-order valence-electron chi connectivity index (χ4n) is 1.33. The average molecular weight is 260 g/mol. The number of carbonyl (C=O) groups is 1. The molecule has 3 nitrogen and oxygen atoms in total. The van der Waals surface area contributed by atoms with Crippen molar-refractivity contribution in [2.75, 3.05) is 11.9 Å². The van der Waals surface area contributed by atoms with E-state index in [4.69, 9.17) is 16.7 Å². The Hall–Kier alpha value is -1.29. The van der Waals surface area contributed by atoms with E-state index in [1.54, 1.807) is 18.2 Å². The molecule has 0 atom stereocenters. The number of hydrogen-bond donors (Lipinski definition) is 2. The second-order valence-corrected chi connectivity index (χ2v) is 4.64. The van der Waals surface area contributed by atoms with Crippen LogP contribution in [0.25, 0.3) is 0 Å². The number of carboxylic acids is 1. The first-order valence-electron chi connectivity index (χ1n) is 5.25. The summed E-state index contributed by atoms with van der Waals surface area (Å²) in [5.41, 5.74) is -0.337. The molecule has 0 heterocycles. The molecule has 0 aliphatic rings. The van der Waals surface area contributed by atoms with Crippen molar-refractivity contribution in [3.63, 3.8) is 0 Å². The second-order valence-electron chi connectivity index (χ2n) is 4.24. The number of benzene rings is 1. The Labute approximate surface area is 105 Å². The van der Waals surface area contributed by atoms with Gasteiger partial charge in [-0.1, -0.05) is 17.7 Å². The predicted molar refractivity (Wildman–Crippen MR) is 66.3 cm³/mol. The summed E-state index contributed by atoms with van der Waals surface area (Å²) < 4.78 is 13.6. The van der Waals surface area contributed by atoms with E-state index in [-0.39, 0.29) is 13.0 Å².